The van der Waals surface area contributed by atoms with Gasteiger partial charge >= 0.3 is 0 Å². The van der Waals surface area contributed by atoms with Crippen LogP contribution in [0.5, 0.6) is 0 Å². The maximum Gasteiger partial charge on any atom is 0.160 e. The lowest BCUT2D eigenvalue weighted by atomic mass is 9.91. The fraction of sp³-hybridized carbons (Fsp3) is 0.500. The third-order valence-corrected chi connectivity index (χ3v) is 3.34. The van der Waals surface area contributed by atoms with Gasteiger partial charge in [-0.3, -0.25) is 0 Å². The Labute approximate surface area is 98.8 Å². The Morgan fingerprint density at radius 2 is 1.88 bits per heavy atom. The summed E-state index contributed by atoms with van der Waals surface area (Å²) in [4.78, 5) is 1.92. The molecule has 0 aromatic heterocycles. The van der Waals surface area contributed by atoms with Crippen molar-refractivity contribution in [2.24, 2.45) is 5.73 Å². The molecule has 94 valence electrons. The van der Waals surface area contributed by atoms with Crippen molar-refractivity contribution in [3.8, 4) is 0 Å². The van der Waals surface area contributed by atoms with Crippen molar-refractivity contribution in [3.05, 3.63) is 29.8 Å². The second kappa shape index (κ2) is 4.58. The second-order valence-corrected chi connectivity index (χ2v) is 4.51. The standard InChI is InChI=1S/C12H16F2N2O/c13-10-2-1-9(7-11(10)14)16-5-3-12(17,8-15)4-6-16/h1-2,7,17H,3-6,8,15H2. The molecule has 5 heteroatoms. The molecule has 0 atom stereocenters. The molecule has 0 radical (unpaired) electrons. The number of hydrogen-bond donors (Lipinski definition) is 2. The summed E-state index contributed by atoms with van der Waals surface area (Å²) >= 11 is 0. The van der Waals surface area contributed by atoms with E-state index in [2.05, 4.69) is 0 Å². The van der Waals surface area contributed by atoms with Gasteiger partial charge in [0, 0.05) is 31.4 Å². The van der Waals surface area contributed by atoms with Crippen LogP contribution in [0.1, 0.15) is 12.8 Å². The lowest BCUT2D eigenvalue weighted by molar-refractivity contribution is 0.0250. The number of nitrogens with zero attached hydrogens (tertiary/aromatic N) is 1. The van der Waals surface area contributed by atoms with Crippen molar-refractivity contribution in [2.45, 2.75) is 18.4 Å². The van der Waals surface area contributed by atoms with Crippen molar-refractivity contribution >= 4 is 5.69 Å². The summed E-state index contributed by atoms with van der Waals surface area (Å²) in [7, 11) is 0. The van der Waals surface area contributed by atoms with Crippen LogP contribution in [0, 0.1) is 11.6 Å². The average molecular weight is 242 g/mol. The van der Waals surface area contributed by atoms with Crippen LogP contribution >= 0.6 is 0 Å². The molecule has 3 nitrogen and oxygen atoms in total. The Morgan fingerprint density at radius 3 is 2.41 bits per heavy atom. The smallest absolute Gasteiger partial charge is 0.160 e. The Balaban J connectivity index is 2.08. The fourth-order valence-electron chi connectivity index (χ4n) is 2.07. The van der Waals surface area contributed by atoms with E-state index in [1.807, 2.05) is 4.90 Å². The van der Waals surface area contributed by atoms with E-state index in [-0.39, 0.29) is 6.54 Å². The Morgan fingerprint density at radius 1 is 1.24 bits per heavy atom. The topological polar surface area (TPSA) is 49.5 Å². The highest BCUT2D eigenvalue weighted by Gasteiger charge is 2.30. The van der Waals surface area contributed by atoms with Crippen molar-refractivity contribution in [3.63, 3.8) is 0 Å². The molecular weight excluding hydrogens is 226 g/mol. The van der Waals surface area contributed by atoms with E-state index in [0.717, 1.165) is 6.07 Å². The number of rotatable bonds is 2. The molecule has 17 heavy (non-hydrogen) atoms. The predicted molar refractivity (Wildman–Crippen MR) is 61.8 cm³/mol. The molecule has 0 saturated carbocycles. The number of aliphatic hydroxyl groups is 1. The molecule has 0 spiro atoms. The van der Waals surface area contributed by atoms with Crippen LogP contribution in [0.2, 0.25) is 0 Å². The number of hydrogen-bond acceptors (Lipinski definition) is 3. The van der Waals surface area contributed by atoms with Crippen molar-refractivity contribution in [1.82, 2.24) is 0 Å². The SMILES string of the molecule is NCC1(O)CCN(c2ccc(F)c(F)c2)CC1. The van der Waals surface area contributed by atoms with E-state index in [9.17, 15) is 13.9 Å². The summed E-state index contributed by atoms with van der Waals surface area (Å²) in [6.45, 7) is 1.43. The van der Waals surface area contributed by atoms with Gasteiger partial charge in [0.15, 0.2) is 11.6 Å². The Kier molecular flexibility index (Phi) is 3.31. The normalized spacial score (nSPS) is 19.4. The molecule has 1 heterocycles. The molecule has 0 bridgehead atoms. The highest BCUT2D eigenvalue weighted by atomic mass is 19.2. The average Bonchev–Trinajstić information content (AvgIpc) is 2.34. The first-order chi connectivity index (χ1) is 8.04. The number of halogens is 2. The Bertz CT molecular complexity index is 403. The molecular formula is C12H16F2N2O. The van der Waals surface area contributed by atoms with Crippen LogP contribution in [0.4, 0.5) is 14.5 Å². The first-order valence-electron chi connectivity index (χ1n) is 5.66. The quantitative estimate of drug-likeness (QED) is 0.820. The first kappa shape index (κ1) is 12.3. The zero-order chi connectivity index (χ0) is 12.5. The van der Waals surface area contributed by atoms with E-state index in [4.69, 9.17) is 5.73 Å². The second-order valence-electron chi connectivity index (χ2n) is 4.51. The minimum absolute atomic E-state index is 0.235. The summed E-state index contributed by atoms with van der Waals surface area (Å²) in [5.74, 6) is -1.69. The lowest BCUT2D eigenvalue weighted by Crippen LogP contribution is -2.48. The molecule has 1 aromatic rings. The first-order valence-corrected chi connectivity index (χ1v) is 5.66. The summed E-state index contributed by atoms with van der Waals surface area (Å²) < 4.78 is 25.9. The third kappa shape index (κ3) is 2.56. The number of piperidine rings is 1. The number of nitrogens with two attached hydrogens (primary N) is 1. The van der Waals surface area contributed by atoms with Crippen molar-refractivity contribution < 1.29 is 13.9 Å². The van der Waals surface area contributed by atoms with Gasteiger partial charge in [-0.1, -0.05) is 0 Å². The van der Waals surface area contributed by atoms with Gasteiger partial charge in [-0.2, -0.15) is 0 Å². The predicted octanol–water partition coefficient (Wildman–Crippen LogP) is 1.25. The summed E-state index contributed by atoms with van der Waals surface area (Å²) in [6, 6.07) is 3.85. The van der Waals surface area contributed by atoms with Gasteiger partial charge in [0.2, 0.25) is 0 Å². The molecule has 0 aliphatic carbocycles. The van der Waals surface area contributed by atoms with Gasteiger partial charge in [0.1, 0.15) is 0 Å². The van der Waals surface area contributed by atoms with Gasteiger partial charge in [-0.05, 0) is 25.0 Å². The molecule has 2 rings (SSSR count). The van der Waals surface area contributed by atoms with E-state index in [1.54, 1.807) is 6.07 Å². The Hall–Kier alpha value is -1.20. The van der Waals surface area contributed by atoms with E-state index in [1.165, 1.54) is 6.07 Å². The molecule has 1 saturated heterocycles. The van der Waals surface area contributed by atoms with Gasteiger partial charge in [0.25, 0.3) is 0 Å². The third-order valence-electron chi connectivity index (χ3n) is 3.34. The van der Waals surface area contributed by atoms with E-state index >= 15 is 0 Å². The lowest BCUT2D eigenvalue weighted by Gasteiger charge is -2.38. The molecule has 1 aliphatic rings. The van der Waals surface area contributed by atoms with E-state index in [0.29, 0.717) is 31.6 Å². The van der Waals surface area contributed by atoms with Crippen LogP contribution in [0.25, 0.3) is 0 Å². The van der Waals surface area contributed by atoms with Gasteiger partial charge < -0.3 is 15.7 Å². The fourth-order valence-corrected chi connectivity index (χ4v) is 2.07. The van der Waals surface area contributed by atoms with Gasteiger partial charge in [-0.15, -0.1) is 0 Å². The molecule has 3 N–H and O–H groups in total. The highest BCUT2D eigenvalue weighted by molar-refractivity contribution is 5.47. The maximum atomic E-state index is 13.1. The van der Waals surface area contributed by atoms with Crippen LogP contribution < -0.4 is 10.6 Å². The summed E-state index contributed by atoms with van der Waals surface area (Å²) in [5, 5.41) is 9.96. The number of benzene rings is 1. The minimum Gasteiger partial charge on any atom is -0.388 e. The van der Waals surface area contributed by atoms with Crippen molar-refractivity contribution in [1.29, 1.82) is 0 Å². The largest absolute Gasteiger partial charge is 0.388 e. The zero-order valence-electron chi connectivity index (χ0n) is 9.50. The summed E-state index contributed by atoms with van der Waals surface area (Å²) in [6.07, 6.45) is 1.09. The van der Waals surface area contributed by atoms with Crippen molar-refractivity contribution in [2.75, 3.05) is 24.5 Å². The van der Waals surface area contributed by atoms with E-state index < -0.39 is 17.2 Å². The van der Waals surface area contributed by atoms with Crippen LogP contribution in [0.15, 0.2) is 18.2 Å². The van der Waals surface area contributed by atoms with Gasteiger partial charge in [-0.25, -0.2) is 8.78 Å². The zero-order valence-corrected chi connectivity index (χ0v) is 9.50. The minimum atomic E-state index is -0.845. The van der Waals surface area contributed by atoms with Crippen LogP contribution in [0.3, 0.4) is 0 Å². The molecule has 0 unspecified atom stereocenters. The molecule has 1 fully saturated rings. The van der Waals surface area contributed by atoms with Gasteiger partial charge in [0.05, 0.1) is 5.60 Å². The molecule has 1 aliphatic heterocycles. The van der Waals surface area contributed by atoms with Crippen LogP contribution in [-0.2, 0) is 0 Å². The maximum absolute atomic E-state index is 13.1. The van der Waals surface area contributed by atoms with Crippen LogP contribution in [-0.4, -0.2) is 30.3 Å². The summed E-state index contributed by atoms with van der Waals surface area (Å²) in [5.41, 5.74) is 5.32. The molecule has 0 amide bonds. The number of anilines is 1. The monoisotopic (exact) mass is 242 g/mol. The molecule has 1 aromatic carbocycles. The highest BCUT2D eigenvalue weighted by Crippen LogP contribution is 2.26.